The van der Waals surface area contributed by atoms with Gasteiger partial charge in [0.1, 0.15) is 12.7 Å². The van der Waals surface area contributed by atoms with Crippen LogP contribution in [0.2, 0.25) is 0 Å². The number of aliphatic hydroxyl groups is 1. The van der Waals surface area contributed by atoms with Gasteiger partial charge in [-0.25, -0.2) is 4.98 Å². The minimum Gasteiger partial charge on any atom is -0.392 e. The summed E-state index contributed by atoms with van der Waals surface area (Å²) in [5.74, 6) is 0. The monoisotopic (exact) mass is 246 g/mol. The maximum absolute atomic E-state index is 9.08. The summed E-state index contributed by atoms with van der Waals surface area (Å²) in [6.45, 7) is 3.04. The van der Waals surface area contributed by atoms with Gasteiger partial charge in [-0.2, -0.15) is 5.10 Å². The average Bonchev–Trinajstić information content (AvgIpc) is 2.90. The van der Waals surface area contributed by atoms with E-state index in [2.05, 4.69) is 22.3 Å². The van der Waals surface area contributed by atoms with E-state index < -0.39 is 0 Å². The van der Waals surface area contributed by atoms with Crippen LogP contribution in [-0.2, 0) is 13.2 Å². The van der Waals surface area contributed by atoms with Gasteiger partial charge in [0.15, 0.2) is 0 Å². The van der Waals surface area contributed by atoms with Gasteiger partial charge in [0.25, 0.3) is 0 Å². The molecule has 18 heavy (non-hydrogen) atoms. The van der Waals surface area contributed by atoms with Gasteiger partial charge in [-0.15, -0.1) is 0 Å². The first kappa shape index (κ1) is 12.6. The molecule has 0 radical (unpaired) electrons. The fourth-order valence-corrected chi connectivity index (χ4v) is 1.79. The number of nitrogens with one attached hydrogen (secondary N) is 1. The number of hydrogen-bond donors (Lipinski definition) is 2. The molecule has 0 aliphatic rings. The molecule has 1 heterocycles. The van der Waals surface area contributed by atoms with E-state index in [0.29, 0.717) is 6.04 Å². The molecule has 0 saturated carbocycles. The Hall–Kier alpha value is -1.88. The quantitative estimate of drug-likeness (QED) is 0.813. The Balaban J connectivity index is 1.84. The third-order valence-electron chi connectivity index (χ3n) is 2.78. The van der Waals surface area contributed by atoms with Crippen molar-refractivity contribution in [1.29, 1.82) is 0 Å². The van der Waals surface area contributed by atoms with Crippen LogP contribution in [0.5, 0.6) is 0 Å². The molecule has 0 fully saturated rings. The molecule has 0 aliphatic heterocycles. The lowest BCUT2D eigenvalue weighted by Gasteiger charge is -2.15. The number of aliphatic hydroxyl groups excluding tert-OH is 1. The van der Waals surface area contributed by atoms with Gasteiger partial charge in [0.2, 0.25) is 0 Å². The fraction of sp³-hybridized carbons (Fsp3) is 0.385. The highest BCUT2D eigenvalue weighted by molar-refractivity contribution is 5.46. The van der Waals surface area contributed by atoms with E-state index in [1.807, 2.05) is 28.9 Å². The molecule has 2 rings (SSSR count). The highest BCUT2D eigenvalue weighted by atomic mass is 16.3. The number of nitrogens with zero attached hydrogens (tertiary/aromatic N) is 3. The minimum absolute atomic E-state index is 0.0723. The van der Waals surface area contributed by atoms with E-state index in [4.69, 9.17) is 5.11 Å². The predicted octanol–water partition coefficient (Wildman–Crippen LogP) is 1.66. The molecule has 5 heteroatoms. The van der Waals surface area contributed by atoms with Gasteiger partial charge in [0.05, 0.1) is 6.61 Å². The molecule has 2 N–H and O–H groups in total. The summed E-state index contributed by atoms with van der Waals surface area (Å²) in [4.78, 5) is 3.91. The van der Waals surface area contributed by atoms with Gasteiger partial charge in [-0.3, -0.25) is 4.68 Å². The SMILES string of the molecule is C[C@@H](CCn1cncn1)Nc1cccc(CO)c1. The summed E-state index contributed by atoms with van der Waals surface area (Å²) in [7, 11) is 0. The second-order valence-corrected chi connectivity index (χ2v) is 4.35. The maximum atomic E-state index is 9.08. The first-order valence-electron chi connectivity index (χ1n) is 6.06. The highest BCUT2D eigenvalue weighted by Gasteiger charge is 2.03. The van der Waals surface area contributed by atoms with Crippen molar-refractivity contribution in [3.8, 4) is 0 Å². The zero-order valence-corrected chi connectivity index (χ0v) is 10.5. The van der Waals surface area contributed by atoms with Crippen LogP contribution in [0.25, 0.3) is 0 Å². The van der Waals surface area contributed by atoms with E-state index in [1.165, 1.54) is 0 Å². The molecule has 1 aromatic heterocycles. The topological polar surface area (TPSA) is 63.0 Å². The normalized spacial score (nSPS) is 12.3. The largest absolute Gasteiger partial charge is 0.392 e. The maximum Gasteiger partial charge on any atom is 0.137 e. The van der Waals surface area contributed by atoms with Gasteiger partial charge in [-0.1, -0.05) is 12.1 Å². The smallest absolute Gasteiger partial charge is 0.137 e. The van der Waals surface area contributed by atoms with Gasteiger partial charge in [-0.05, 0) is 31.0 Å². The minimum atomic E-state index is 0.0723. The van der Waals surface area contributed by atoms with Crippen LogP contribution in [-0.4, -0.2) is 25.9 Å². The average molecular weight is 246 g/mol. The third-order valence-corrected chi connectivity index (χ3v) is 2.78. The number of rotatable bonds is 6. The van der Waals surface area contributed by atoms with Gasteiger partial charge < -0.3 is 10.4 Å². The van der Waals surface area contributed by atoms with E-state index in [0.717, 1.165) is 24.2 Å². The predicted molar refractivity (Wildman–Crippen MR) is 70.1 cm³/mol. The van der Waals surface area contributed by atoms with E-state index in [9.17, 15) is 0 Å². The lowest BCUT2D eigenvalue weighted by atomic mass is 10.2. The van der Waals surface area contributed by atoms with Crippen molar-refractivity contribution in [1.82, 2.24) is 14.8 Å². The molecule has 0 aliphatic carbocycles. The van der Waals surface area contributed by atoms with Crippen LogP contribution < -0.4 is 5.32 Å². The Kier molecular flexibility index (Phi) is 4.30. The van der Waals surface area contributed by atoms with Crippen molar-refractivity contribution in [2.24, 2.45) is 0 Å². The number of benzene rings is 1. The second kappa shape index (κ2) is 6.16. The molecule has 1 atom stereocenters. The van der Waals surface area contributed by atoms with Crippen molar-refractivity contribution < 1.29 is 5.11 Å². The molecule has 2 aromatic rings. The van der Waals surface area contributed by atoms with Crippen LogP contribution in [0.3, 0.4) is 0 Å². The van der Waals surface area contributed by atoms with Crippen LogP contribution >= 0.6 is 0 Å². The fourth-order valence-electron chi connectivity index (χ4n) is 1.79. The molecule has 1 aromatic carbocycles. The van der Waals surface area contributed by atoms with Crippen LogP contribution in [0, 0.1) is 0 Å². The molecule has 0 saturated heterocycles. The Morgan fingerprint density at radius 1 is 1.44 bits per heavy atom. The first-order valence-corrected chi connectivity index (χ1v) is 6.06. The van der Waals surface area contributed by atoms with E-state index >= 15 is 0 Å². The molecular formula is C13H18N4O. The van der Waals surface area contributed by atoms with Crippen molar-refractivity contribution in [3.05, 3.63) is 42.5 Å². The van der Waals surface area contributed by atoms with Crippen LogP contribution in [0.1, 0.15) is 18.9 Å². The van der Waals surface area contributed by atoms with Crippen molar-refractivity contribution in [2.75, 3.05) is 5.32 Å². The van der Waals surface area contributed by atoms with Crippen molar-refractivity contribution in [2.45, 2.75) is 32.5 Å². The Bertz CT molecular complexity index is 470. The van der Waals surface area contributed by atoms with E-state index in [1.54, 1.807) is 12.7 Å². The number of anilines is 1. The Morgan fingerprint density at radius 2 is 2.33 bits per heavy atom. The Labute approximate surface area is 106 Å². The number of aromatic nitrogens is 3. The standard InChI is InChI=1S/C13H18N4O/c1-11(5-6-17-10-14-9-15-17)16-13-4-2-3-12(7-13)8-18/h2-4,7,9-11,16,18H,5-6,8H2,1H3/t11-/m0/s1. The summed E-state index contributed by atoms with van der Waals surface area (Å²) in [6, 6.07) is 8.16. The molecule has 0 bridgehead atoms. The summed E-state index contributed by atoms with van der Waals surface area (Å²) in [5, 5.41) is 16.6. The zero-order chi connectivity index (χ0) is 12.8. The summed E-state index contributed by atoms with van der Waals surface area (Å²) in [6.07, 6.45) is 4.23. The summed E-state index contributed by atoms with van der Waals surface area (Å²) < 4.78 is 1.82. The molecule has 5 nitrogen and oxygen atoms in total. The zero-order valence-electron chi connectivity index (χ0n) is 10.5. The Morgan fingerprint density at radius 3 is 3.06 bits per heavy atom. The summed E-state index contributed by atoms with van der Waals surface area (Å²) in [5.41, 5.74) is 1.95. The highest BCUT2D eigenvalue weighted by Crippen LogP contribution is 2.13. The lowest BCUT2D eigenvalue weighted by molar-refractivity contribution is 0.282. The molecule has 0 amide bonds. The first-order chi connectivity index (χ1) is 8.78. The molecule has 96 valence electrons. The number of aryl methyl sites for hydroxylation is 1. The van der Waals surface area contributed by atoms with E-state index in [-0.39, 0.29) is 6.61 Å². The van der Waals surface area contributed by atoms with Crippen molar-refractivity contribution >= 4 is 5.69 Å². The van der Waals surface area contributed by atoms with Crippen molar-refractivity contribution in [3.63, 3.8) is 0 Å². The molecule has 0 spiro atoms. The van der Waals surface area contributed by atoms with Gasteiger partial charge >= 0.3 is 0 Å². The van der Waals surface area contributed by atoms with Crippen LogP contribution in [0.4, 0.5) is 5.69 Å². The van der Waals surface area contributed by atoms with Crippen LogP contribution in [0.15, 0.2) is 36.9 Å². The molecular weight excluding hydrogens is 228 g/mol. The lowest BCUT2D eigenvalue weighted by Crippen LogP contribution is -2.18. The number of hydrogen-bond acceptors (Lipinski definition) is 4. The molecule has 0 unspecified atom stereocenters. The second-order valence-electron chi connectivity index (χ2n) is 4.35. The third kappa shape index (κ3) is 3.56. The summed E-state index contributed by atoms with van der Waals surface area (Å²) >= 11 is 0. The van der Waals surface area contributed by atoms with Gasteiger partial charge in [0, 0.05) is 18.3 Å².